The molecule has 6 heterocycles. The van der Waals surface area contributed by atoms with Gasteiger partial charge in [-0.15, -0.1) is 0 Å². The number of nitrogens with zero attached hydrogens (tertiary/aromatic N) is 7. The van der Waals surface area contributed by atoms with Crippen molar-refractivity contribution in [2.45, 2.75) is 57.4 Å². The smallest absolute Gasteiger partial charge is 0.284 e. The maximum absolute atomic E-state index is 14.1. The second-order valence-electron chi connectivity index (χ2n) is 17.9. The summed E-state index contributed by atoms with van der Waals surface area (Å²) in [5.41, 5.74) is 2.89. The molecule has 9 rings (SSSR count). The number of hydrogen-bond donors (Lipinski definition) is 3. The van der Waals surface area contributed by atoms with E-state index in [0.29, 0.717) is 62.6 Å². The molecular weight excluding hydrogens is 923 g/mol. The average Bonchev–Trinajstić information content (AvgIpc) is 3.79. The first-order valence-corrected chi connectivity index (χ1v) is 24.1. The van der Waals surface area contributed by atoms with Gasteiger partial charge in [-0.1, -0.05) is 12.1 Å². The van der Waals surface area contributed by atoms with Gasteiger partial charge in [0, 0.05) is 69.7 Å². The number of unbranched alkanes of at least 4 members (excludes halogenated alkanes) is 1. The number of nitrogens with one attached hydrogen (secondary N) is 3. The summed E-state index contributed by atoms with van der Waals surface area (Å²) >= 11 is 0. The number of aromatic nitrogens is 4. The van der Waals surface area contributed by atoms with Crippen molar-refractivity contribution < 1.29 is 51.4 Å². The minimum absolute atomic E-state index is 0.0673. The van der Waals surface area contributed by atoms with Gasteiger partial charge < -0.3 is 34.2 Å². The second-order valence-corrected chi connectivity index (χ2v) is 17.9. The summed E-state index contributed by atoms with van der Waals surface area (Å²) in [6.45, 7) is 7.73. The maximum Gasteiger partial charge on any atom is 0.284 e. The molecule has 71 heavy (non-hydrogen) atoms. The summed E-state index contributed by atoms with van der Waals surface area (Å²) in [5.74, 6) is -1.23. The first-order chi connectivity index (χ1) is 34.6. The number of anilines is 3. The molecule has 0 spiro atoms. The topological polar surface area (TPSA) is 216 Å². The van der Waals surface area contributed by atoms with E-state index >= 15 is 0 Å². The molecule has 1 unspecified atom stereocenters. The Kier molecular flexibility index (Phi) is 15.8. The standard InChI is InChI=1S/C50H56F2N10O9/c51-45(52)44-39(55-46(64)40-31-71-48(56-40)34-14-15-53-42(27-34)54-29-33-4-5-33)30-61(58-44)35-8-6-32(7-9-35)3-1-2-21-68-23-25-70-26-24-69-22-20-59-16-18-60(19-17-59)36-10-11-37-38(28-36)50(67)62(49(37)66)41-12-13-43(63)57-47(41)65/h6-11,14-15,27-28,30-31,33,41,45H,1-5,12-13,16-26,29H2,(H,53,54)(H,55,64)(H,57,63,65). The highest BCUT2D eigenvalue weighted by atomic mass is 19.3. The number of pyridine rings is 1. The summed E-state index contributed by atoms with van der Waals surface area (Å²) in [4.78, 5) is 77.4. The number of piperazine rings is 1. The van der Waals surface area contributed by atoms with E-state index in [9.17, 15) is 32.8 Å². The fourth-order valence-corrected chi connectivity index (χ4v) is 8.67. The van der Waals surface area contributed by atoms with E-state index in [1.807, 2.05) is 18.2 Å². The summed E-state index contributed by atoms with van der Waals surface area (Å²) < 4.78 is 52.2. The normalized spacial score (nSPS) is 17.3. The number of amides is 5. The van der Waals surface area contributed by atoms with Crippen molar-refractivity contribution in [2.24, 2.45) is 5.92 Å². The molecule has 0 bridgehead atoms. The largest absolute Gasteiger partial charge is 0.444 e. The number of benzene rings is 2. The van der Waals surface area contributed by atoms with Crippen LogP contribution in [0.25, 0.3) is 17.1 Å². The number of carbonyl (C=O) groups excluding carboxylic acids is 5. The second kappa shape index (κ2) is 22.9. The highest BCUT2D eigenvalue weighted by Crippen LogP contribution is 2.33. The van der Waals surface area contributed by atoms with Gasteiger partial charge in [0.1, 0.15) is 18.1 Å². The van der Waals surface area contributed by atoms with Gasteiger partial charge in [0.05, 0.1) is 61.7 Å². The van der Waals surface area contributed by atoms with E-state index in [2.05, 4.69) is 40.8 Å². The lowest BCUT2D eigenvalue weighted by Crippen LogP contribution is -2.54. The summed E-state index contributed by atoms with van der Waals surface area (Å²) in [5, 5.41) is 12.1. The fourth-order valence-electron chi connectivity index (χ4n) is 8.67. The summed E-state index contributed by atoms with van der Waals surface area (Å²) in [6, 6.07) is 15.2. The highest BCUT2D eigenvalue weighted by molar-refractivity contribution is 6.23. The Morgan fingerprint density at radius 3 is 2.31 bits per heavy atom. The molecule has 2 aromatic carbocycles. The lowest BCUT2D eigenvalue weighted by Gasteiger charge is -2.36. The van der Waals surface area contributed by atoms with E-state index < -0.39 is 47.7 Å². The molecule has 3 aliphatic heterocycles. The summed E-state index contributed by atoms with van der Waals surface area (Å²) in [7, 11) is 0. The molecule has 0 radical (unpaired) electrons. The number of imide groups is 2. The third kappa shape index (κ3) is 12.3. The maximum atomic E-state index is 14.1. The van der Waals surface area contributed by atoms with Crippen molar-refractivity contribution >= 4 is 46.7 Å². The monoisotopic (exact) mass is 978 g/mol. The molecule has 1 atom stereocenters. The van der Waals surface area contributed by atoms with Gasteiger partial charge in [-0.05, 0) is 92.5 Å². The zero-order valence-corrected chi connectivity index (χ0v) is 39.2. The number of piperidine rings is 1. The number of halogens is 2. The van der Waals surface area contributed by atoms with Gasteiger partial charge in [-0.25, -0.2) is 23.4 Å². The van der Waals surface area contributed by atoms with Crippen molar-refractivity contribution in [3.8, 4) is 17.1 Å². The Morgan fingerprint density at radius 1 is 0.831 bits per heavy atom. The predicted octanol–water partition coefficient (Wildman–Crippen LogP) is 5.53. The van der Waals surface area contributed by atoms with Gasteiger partial charge in [0.2, 0.25) is 17.7 Å². The van der Waals surface area contributed by atoms with Crippen LogP contribution in [0.2, 0.25) is 0 Å². The van der Waals surface area contributed by atoms with Gasteiger partial charge in [-0.2, -0.15) is 5.10 Å². The molecule has 3 fully saturated rings. The Hall–Kier alpha value is -6.94. The number of oxazole rings is 1. The van der Waals surface area contributed by atoms with Crippen LogP contribution in [0.5, 0.6) is 0 Å². The molecular formula is C50H56F2N10O9. The number of carbonyl (C=O) groups is 5. The number of fused-ring (bicyclic) bond motifs is 1. The predicted molar refractivity (Wildman–Crippen MR) is 255 cm³/mol. The summed E-state index contributed by atoms with van der Waals surface area (Å²) in [6.07, 6.45) is 6.39. The van der Waals surface area contributed by atoms with Crippen molar-refractivity contribution in [1.29, 1.82) is 0 Å². The minimum atomic E-state index is -2.93. The number of aryl methyl sites for hydroxylation is 1. The van der Waals surface area contributed by atoms with Gasteiger partial charge in [0.25, 0.3) is 24.1 Å². The van der Waals surface area contributed by atoms with E-state index in [0.717, 1.165) is 74.7 Å². The van der Waals surface area contributed by atoms with Crippen molar-refractivity contribution in [1.82, 2.24) is 34.9 Å². The van der Waals surface area contributed by atoms with Crippen LogP contribution in [0.15, 0.2) is 77.7 Å². The zero-order valence-electron chi connectivity index (χ0n) is 39.2. The van der Waals surface area contributed by atoms with Crippen molar-refractivity contribution in [2.75, 3.05) is 94.4 Å². The number of ether oxygens (including phenoxy) is 3. The lowest BCUT2D eigenvalue weighted by molar-refractivity contribution is -0.136. The first kappa shape index (κ1) is 49.1. The molecule has 1 aliphatic carbocycles. The van der Waals surface area contributed by atoms with Gasteiger partial charge in [-0.3, -0.25) is 39.1 Å². The SMILES string of the molecule is O=C1CCC(N2C(=O)c3ccc(N4CCN(CCOCCOCCOCCCCc5ccc(-n6cc(NC(=O)c7coc(-c8ccnc(NCC9CC9)c8)n7)c(C(F)F)n6)cc5)CC4)cc3C2=O)C(=O)N1. The minimum Gasteiger partial charge on any atom is -0.444 e. The highest BCUT2D eigenvalue weighted by Gasteiger charge is 2.45. The molecule has 5 amide bonds. The third-order valence-corrected chi connectivity index (χ3v) is 12.9. The molecule has 3 aromatic heterocycles. The molecule has 3 N–H and O–H groups in total. The lowest BCUT2D eigenvalue weighted by atomic mass is 10.0. The van der Waals surface area contributed by atoms with Crippen LogP contribution < -0.4 is 20.9 Å². The van der Waals surface area contributed by atoms with E-state index in [1.165, 1.54) is 30.0 Å². The molecule has 5 aromatic rings. The third-order valence-electron chi connectivity index (χ3n) is 12.9. The molecule has 4 aliphatic rings. The van der Waals surface area contributed by atoms with Crippen LogP contribution in [0.3, 0.4) is 0 Å². The number of alkyl halides is 2. The Morgan fingerprint density at radius 2 is 1.56 bits per heavy atom. The van der Waals surface area contributed by atoms with Crippen LogP contribution in [-0.2, 0) is 30.2 Å². The number of hydrogen-bond acceptors (Lipinski definition) is 15. The van der Waals surface area contributed by atoms with Gasteiger partial charge >= 0.3 is 0 Å². The van der Waals surface area contributed by atoms with E-state index in [-0.39, 0.29) is 41.2 Å². The Labute approximate surface area is 408 Å². The van der Waals surface area contributed by atoms with Crippen molar-refractivity contribution in [3.05, 3.63) is 101 Å². The van der Waals surface area contributed by atoms with Crippen LogP contribution in [0, 0.1) is 5.92 Å². The molecule has 19 nitrogen and oxygen atoms in total. The number of rotatable bonds is 24. The zero-order chi connectivity index (χ0) is 49.3. The van der Waals surface area contributed by atoms with E-state index in [4.69, 9.17) is 18.6 Å². The quantitative estimate of drug-likeness (QED) is 0.0512. The molecule has 374 valence electrons. The van der Waals surface area contributed by atoms with Crippen LogP contribution in [0.1, 0.15) is 87.4 Å². The van der Waals surface area contributed by atoms with Crippen LogP contribution in [-0.4, -0.2) is 144 Å². The average molecular weight is 979 g/mol. The van der Waals surface area contributed by atoms with Gasteiger partial charge in [0.15, 0.2) is 11.4 Å². The van der Waals surface area contributed by atoms with Crippen LogP contribution in [0.4, 0.5) is 26.0 Å². The first-order valence-electron chi connectivity index (χ1n) is 24.1. The molecule has 21 heteroatoms. The van der Waals surface area contributed by atoms with Crippen LogP contribution >= 0.6 is 0 Å². The Bertz CT molecular complexity index is 2700. The fraction of sp³-hybridized carbons (Fsp3) is 0.440. The molecule has 1 saturated carbocycles. The molecule has 2 saturated heterocycles. The van der Waals surface area contributed by atoms with E-state index in [1.54, 1.807) is 42.6 Å². The Balaban J connectivity index is 0.609. The van der Waals surface area contributed by atoms with Crippen molar-refractivity contribution in [3.63, 3.8) is 0 Å².